The van der Waals surface area contributed by atoms with Gasteiger partial charge >= 0.3 is 5.97 Å². The van der Waals surface area contributed by atoms with Gasteiger partial charge in [0, 0.05) is 12.1 Å². The number of hydrogen-bond acceptors (Lipinski definition) is 4. The molecule has 0 saturated carbocycles. The van der Waals surface area contributed by atoms with E-state index in [1.807, 2.05) is 66.7 Å². The predicted molar refractivity (Wildman–Crippen MR) is 131 cm³/mol. The standard InChI is InChI=1S/C28H30N2O4/c1-2-34-28(33)24(18-21-12-6-3-7-13-21)20-29-26(31)19-25(22-14-8-4-9-15-22)30-27(32)23-16-10-5-11-17-23/h3-17,24-25H,2,18-20H2,1H3,(H,29,31)(H,30,32)/t24-,25-/m0/s1. The molecule has 0 saturated heterocycles. The van der Waals surface area contributed by atoms with Crippen molar-refractivity contribution in [2.45, 2.75) is 25.8 Å². The lowest BCUT2D eigenvalue weighted by molar-refractivity contribution is -0.147. The van der Waals surface area contributed by atoms with Crippen molar-refractivity contribution in [3.63, 3.8) is 0 Å². The number of hydrogen-bond donors (Lipinski definition) is 2. The molecule has 0 bridgehead atoms. The van der Waals surface area contributed by atoms with Crippen molar-refractivity contribution in [1.29, 1.82) is 0 Å². The van der Waals surface area contributed by atoms with Crippen LogP contribution in [0.2, 0.25) is 0 Å². The van der Waals surface area contributed by atoms with Gasteiger partial charge in [0.1, 0.15) is 0 Å². The molecule has 0 fully saturated rings. The van der Waals surface area contributed by atoms with E-state index in [-0.39, 0.29) is 37.4 Å². The van der Waals surface area contributed by atoms with Crippen LogP contribution in [0.4, 0.5) is 0 Å². The monoisotopic (exact) mass is 458 g/mol. The van der Waals surface area contributed by atoms with Crippen LogP contribution in [0.15, 0.2) is 91.0 Å². The second-order valence-electron chi connectivity index (χ2n) is 7.95. The second-order valence-corrected chi connectivity index (χ2v) is 7.95. The van der Waals surface area contributed by atoms with Gasteiger partial charge in [-0.25, -0.2) is 0 Å². The van der Waals surface area contributed by atoms with Crippen molar-refractivity contribution in [2.75, 3.05) is 13.2 Å². The quantitative estimate of drug-likeness (QED) is 0.424. The van der Waals surface area contributed by atoms with Gasteiger partial charge < -0.3 is 15.4 Å². The summed E-state index contributed by atoms with van der Waals surface area (Å²) in [6.07, 6.45) is 0.510. The molecule has 3 aromatic carbocycles. The van der Waals surface area contributed by atoms with Crippen molar-refractivity contribution in [3.05, 3.63) is 108 Å². The first-order valence-corrected chi connectivity index (χ1v) is 11.4. The Hall–Kier alpha value is -3.93. The molecule has 176 valence electrons. The van der Waals surface area contributed by atoms with Gasteiger partial charge in [-0.15, -0.1) is 0 Å². The summed E-state index contributed by atoms with van der Waals surface area (Å²) in [5.74, 6) is -1.36. The van der Waals surface area contributed by atoms with E-state index in [4.69, 9.17) is 4.74 Å². The smallest absolute Gasteiger partial charge is 0.311 e. The second kappa shape index (κ2) is 12.9. The lowest BCUT2D eigenvalue weighted by atomic mass is 9.98. The Balaban J connectivity index is 1.66. The van der Waals surface area contributed by atoms with Crippen LogP contribution in [0.5, 0.6) is 0 Å². The van der Waals surface area contributed by atoms with Gasteiger partial charge in [-0.05, 0) is 36.6 Å². The number of nitrogens with one attached hydrogen (secondary N) is 2. The van der Waals surface area contributed by atoms with Crippen LogP contribution >= 0.6 is 0 Å². The average molecular weight is 459 g/mol. The van der Waals surface area contributed by atoms with Crippen molar-refractivity contribution >= 4 is 17.8 Å². The van der Waals surface area contributed by atoms with Crippen LogP contribution < -0.4 is 10.6 Å². The van der Waals surface area contributed by atoms with Crippen molar-refractivity contribution < 1.29 is 19.1 Å². The van der Waals surface area contributed by atoms with E-state index in [0.717, 1.165) is 11.1 Å². The van der Waals surface area contributed by atoms with Crippen LogP contribution in [0.1, 0.15) is 40.9 Å². The largest absolute Gasteiger partial charge is 0.466 e. The third-order valence-electron chi connectivity index (χ3n) is 5.42. The summed E-state index contributed by atoms with van der Waals surface area (Å²) in [6, 6.07) is 27.4. The first-order valence-electron chi connectivity index (χ1n) is 11.4. The summed E-state index contributed by atoms with van der Waals surface area (Å²) in [7, 11) is 0. The molecule has 0 heterocycles. The molecule has 2 N–H and O–H groups in total. The lowest BCUT2D eigenvalue weighted by Crippen LogP contribution is -2.38. The number of carbonyl (C=O) groups is 3. The number of ether oxygens (including phenoxy) is 1. The highest BCUT2D eigenvalue weighted by Gasteiger charge is 2.23. The molecule has 0 aliphatic carbocycles. The van der Waals surface area contributed by atoms with Gasteiger partial charge in [0.2, 0.25) is 5.91 Å². The van der Waals surface area contributed by atoms with Crippen molar-refractivity contribution in [1.82, 2.24) is 10.6 Å². The Morgan fingerprint density at radius 2 is 1.41 bits per heavy atom. The van der Waals surface area contributed by atoms with E-state index in [1.165, 1.54) is 0 Å². The average Bonchev–Trinajstić information content (AvgIpc) is 2.88. The van der Waals surface area contributed by atoms with Crippen LogP contribution in [0.3, 0.4) is 0 Å². The first kappa shape index (κ1) is 24.7. The molecule has 2 atom stereocenters. The summed E-state index contributed by atoms with van der Waals surface area (Å²) in [4.78, 5) is 38.1. The van der Waals surface area contributed by atoms with E-state index in [2.05, 4.69) is 10.6 Å². The summed E-state index contributed by atoms with van der Waals surface area (Å²) in [6.45, 7) is 2.19. The fourth-order valence-electron chi connectivity index (χ4n) is 3.66. The molecule has 0 unspecified atom stereocenters. The zero-order chi connectivity index (χ0) is 24.2. The predicted octanol–water partition coefficient (Wildman–Crippen LogP) is 4.09. The van der Waals surface area contributed by atoms with Crippen molar-refractivity contribution in [2.24, 2.45) is 5.92 Å². The molecule has 0 aliphatic heterocycles. The lowest BCUT2D eigenvalue weighted by Gasteiger charge is -2.21. The molecule has 3 rings (SSSR count). The molecule has 6 nitrogen and oxygen atoms in total. The topological polar surface area (TPSA) is 84.5 Å². The maximum atomic E-state index is 12.9. The molecule has 0 aromatic heterocycles. The number of amides is 2. The third-order valence-corrected chi connectivity index (χ3v) is 5.42. The minimum atomic E-state index is -0.510. The Morgan fingerprint density at radius 1 is 0.824 bits per heavy atom. The maximum absolute atomic E-state index is 12.9. The Morgan fingerprint density at radius 3 is 2.03 bits per heavy atom. The fraction of sp³-hybridized carbons (Fsp3) is 0.250. The molecule has 6 heteroatoms. The van der Waals surface area contributed by atoms with Gasteiger partial charge in [0.05, 0.1) is 25.0 Å². The van der Waals surface area contributed by atoms with Crippen LogP contribution in [0, 0.1) is 5.92 Å². The third kappa shape index (κ3) is 7.59. The van der Waals surface area contributed by atoms with Crippen molar-refractivity contribution in [3.8, 4) is 0 Å². The summed E-state index contributed by atoms with van der Waals surface area (Å²) < 4.78 is 5.21. The number of carbonyl (C=O) groups excluding carboxylic acids is 3. The molecule has 3 aromatic rings. The Labute approximate surface area is 200 Å². The van der Waals surface area contributed by atoms with Crippen LogP contribution in [-0.2, 0) is 20.7 Å². The molecular weight excluding hydrogens is 428 g/mol. The molecule has 0 radical (unpaired) electrons. The van der Waals surface area contributed by atoms with Crippen LogP contribution in [0.25, 0.3) is 0 Å². The van der Waals surface area contributed by atoms with E-state index >= 15 is 0 Å². The molecule has 0 spiro atoms. The zero-order valence-electron chi connectivity index (χ0n) is 19.3. The maximum Gasteiger partial charge on any atom is 0.311 e. The summed E-state index contributed by atoms with van der Waals surface area (Å²) in [5, 5.41) is 5.82. The van der Waals surface area contributed by atoms with Gasteiger partial charge in [-0.3, -0.25) is 14.4 Å². The minimum Gasteiger partial charge on any atom is -0.466 e. The first-order chi connectivity index (χ1) is 16.6. The minimum absolute atomic E-state index is 0.0451. The number of benzene rings is 3. The molecule has 34 heavy (non-hydrogen) atoms. The summed E-state index contributed by atoms with van der Waals surface area (Å²) >= 11 is 0. The normalized spacial score (nSPS) is 12.3. The summed E-state index contributed by atoms with van der Waals surface area (Å²) in [5.41, 5.74) is 2.34. The number of rotatable bonds is 11. The van der Waals surface area contributed by atoms with E-state index < -0.39 is 12.0 Å². The molecule has 2 amide bonds. The molecule has 0 aliphatic rings. The van der Waals surface area contributed by atoms with Gasteiger partial charge in [-0.2, -0.15) is 0 Å². The van der Waals surface area contributed by atoms with E-state index in [0.29, 0.717) is 12.0 Å². The van der Waals surface area contributed by atoms with Crippen LogP contribution in [-0.4, -0.2) is 30.9 Å². The highest BCUT2D eigenvalue weighted by atomic mass is 16.5. The van der Waals surface area contributed by atoms with E-state index in [1.54, 1.807) is 31.2 Å². The Bertz CT molecular complexity index is 1060. The number of esters is 1. The fourth-order valence-corrected chi connectivity index (χ4v) is 3.66. The van der Waals surface area contributed by atoms with E-state index in [9.17, 15) is 14.4 Å². The zero-order valence-corrected chi connectivity index (χ0v) is 19.3. The highest BCUT2D eigenvalue weighted by Crippen LogP contribution is 2.18. The van der Waals surface area contributed by atoms with Gasteiger partial charge in [0.25, 0.3) is 5.91 Å². The van der Waals surface area contributed by atoms with Gasteiger partial charge in [-0.1, -0.05) is 78.9 Å². The SMILES string of the molecule is CCOC(=O)[C@H](CNC(=O)C[C@H](NC(=O)c1ccccc1)c1ccccc1)Cc1ccccc1. The Kier molecular flexibility index (Phi) is 9.40. The highest BCUT2D eigenvalue weighted by molar-refractivity contribution is 5.94. The molecular formula is C28H30N2O4. The van der Waals surface area contributed by atoms with Gasteiger partial charge in [0.15, 0.2) is 0 Å².